The first-order chi connectivity index (χ1) is 9.90. The Morgan fingerprint density at radius 1 is 1.29 bits per heavy atom. The Morgan fingerprint density at radius 2 is 2.05 bits per heavy atom. The lowest BCUT2D eigenvalue weighted by molar-refractivity contribution is -0.137. The van der Waals surface area contributed by atoms with Gasteiger partial charge in [0, 0.05) is 18.3 Å². The Hall–Kier alpha value is -2.09. The lowest BCUT2D eigenvalue weighted by Crippen LogP contribution is -2.08. The van der Waals surface area contributed by atoms with E-state index in [1.165, 1.54) is 10.9 Å². The molecule has 0 aliphatic carbocycles. The van der Waals surface area contributed by atoms with Gasteiger partial charge in [0.15, 0.2) is 0 Å². The number of nitrogens with one attached hydrogen (secondary N) is 1. The average molecular weight is 303 g/mol. The fourth-order valence-corrected chi connectivity index (χ4v) is 1.76. The number of aliphatic hydroxyl groups is 1. The van der Waals surface area contributed by atoms with Crippen LogP contribution in [-0.2, 0) is 19.3 Å². The highest BCUT2D eigenvalue weighted by Crippen LogP contribution is 2.31. The third-order valence-electron chi connectivity index (χ3n) is 2.79. The highest BCUT2D eigenvalue weighted by atomic mass is 19.4. The minimum absolute atomic E-state index is 0.0726. The van der Waals surface area contributed by atoms with Crippen LogP contribution in [0.2, 0.25) is 0 Å². The van der Waals surface area contributed by atoms with Crippen molar-refractivity contribution in [2.24, 2.45) is 0 Å². The van der Waals surface area contributed by atoms with Crippen molar-refractivity contribution in [1.82, 2.24) is 9.78 Å². The predicted molar refractivity (Wildman–Crippen MR) is 68.0 cm³/mol. The third kappa shape index (κ3) is 3.94. The van der Waals surface area contributed by atoms with Crippen LogP contribution in [0.5, 0.6) is 0 Å². The van der Waals surface area contributed by atoms with Gasteiger partial charge in [-0.05, 0) is 18.2 Å². The second-order valence-corrected chi connectivity index (χ2v) is 4.38. The van der Waals surface area contributed by atoms with Crippen LogP contribution in [0.15, 0.2) is 30.6 Å². The Balaban J connectivity index is 2.08. The molecule has 2 N–H and O–H groups in total. The van der Waals surface area contributed by atoms with E-state index < -0.39 is 17.6 Å². The molecule has 0 amide bonds. The fourth-order valence-electron chi connectivity index (χ4n) is 1.76. The van der Waals surface area contributed by atoms with E-state index in [4.69, 9.17) is 5.11 Å². The molecule has 1 aromatic heterocycles. The van der Waals surface area contributed by atoms with Gasteiger partial charge in [-0.15, -0.1) is 0 Å². The molecule has 0 fully saturated rings. The second-order valence-electron chi connectivity index (χ2n) is 4.38. The van der Waals surface area contributed by atoms with E-state index in [0.29, 0.717) is 18.2 Å². The van der Waals surface area contributed by atoms with Gasteiger partial charge in [-0.2, -0.15) is 18.3 Å². The van der Waals surface area contributed by atoms with Gasteiger partial charge in [0.1, 0.15) is 5.82 Å². The summed E-state index contributed by atoms with van der Waals surface area (Å²) in [6.45, 7) is 0.373. The Labute approximate surface area is 118 Å². The molecule has 0 aliphatic heterocycles. The summed E-state index contributed by atoms with van der Waals surface area (Å²) >= 11 is 0. The maximum Gasteiger partial charge on any atom is 0.416 e. The van der Waals surface area contributed by atoms with E-state index >= 15 is 0 Å². The van der Waals surface area contributed by atoms with E-state index in [1.807, 2.05) is 0 Å². The first kappa shape index (κ1) is 15.3. The normalized spacial score (nSPS) is 11.7. The molecule has 1 aromatic carbocycles. The number of aliphatic hydroxyl groups excluding tert-OH is 1. The Bertz CT molecular complexity index is 610. The van der Waals surface area contributed by atoms with E-state index in [1.54, 1.807) is 6.20 Å². The highest BCUT2D eigenvalue weighted by Gasteiger charge is 2.31. The van der Waals surface area contributed by atoms with Gasteiger partial charge in [-0.3, -0.25) is 4.68 Å². The van der Waals surface area contributed by atoms with Crippen molar-refractivity contribution in [2.75, 3.05) is 11.9 Å². The molecule has 0 radical (unpaired) electrons. The van der Waals surface area contributed by atoms with Gasteiger partial charge in [0.05, 0.1) is 30.6 Å². The summed E-state index contributed by atoms with van der Waals surface area (Å²) in [5.41, 5.74) is -0.470. The number of anilines is 1. The third-order valence-corrected chi connectivity index (χ3v) is 2.79. The van der Waals surface area contributed by atoms with Gasteiger partial charge in [0.2, 0.25) is 0 Å². The fraction of sp³-hybridized carbons (Fsp3) is 0.308. The lowest BCUT2D eigenvalue weighted by Gasteiger charge is -2.11. The molecule has 114 valence electrons. The molecular weight excluding hydrogens is 290 g/mol. The lowest BCUT2D eigenvalue weighted by atomic mass is 10.2. The first-order valence-corrected chi connectivity index (χ1v) is 6.13. The van der Waals surface area contributed by atoms with Gasteiger partial charge in [0.25, 0.3) is 0 Å². The standard InChI is InChI=1S/C13H13F4N3O/c14-11-2-1-10(13(15,16)17)5-12(11)18-6-9-7-19-20(8-9)3-4-21/h1-2,5,7-8,18,21H,3-4,6H2. The number of nitrogens with zero attached hydrogens (tertiary/aromatic N) is 2. The van der Waals surface area contributed by atoms with E-state index in [9.17, 15) is 17.6 Å². The number of halogens is 4. The molecular formula is C13H13F4N3O. The maximum absolute atomic E-state index is 13.5. The number of benzene rings is 1. The SMILES string of the molecule is OCCn1cc(CNc2cc(C(F)(F)F)ccc2F)cn1. The molecule has 1 heterocycles. The maximum atomic E-state index is 13.5. The number of aromatic nitrogens is 2. The first-order valence-electron chi connectivity index (χ1n) is 6.13. The van der Waals surface area contributed by atoms with Crippen molar-refractivity contribution in [2.45, 2.75) is 19.3 Å². The molecule has 0 unspecified atom stereocenters. The van der Waals surface area contributed by atoms with Gasteiger partial charge < -0.3 is 10.4 Å². The summed E-state index contributed by atoms with van der Waals surface area (Å²) in [7, 11) is 0. The van der Waals surface area contributed by atoms with Crippen LogP contribution in [0.3, 0.4) is 0 Å². The molecule has 4 nitrogen and oxygen atoms in total. The Kier molecular flexibility index (Phi) is 4.46. The van der Waals surface area contributed by atoms with E-state index in [-0.39, 0.29) is 18.8 Å². The van der Waals surface area contributed by atoms with Crippen molar-refractivity contribution < 1.29 is 22.7 Å². The van der Waals surface area contributed by atoms with Crippen molar-refractivity contribution >= 4 is 5.69 Å². The predicted octanol–water partition coefficient (Wildman–Crippen LogP) is 2.65. The minimum Gasteiger partial charge on any atom is -0.394 e. The molecule has 2 rings (SSSR count). The van der Waals surface area contributed by atoms with Crippen LogP contribution < -0.4 is 5.32 Å². The number of alkyl halides is 3. The smallest absolute Gasteiger partial charge is 0.394 e. The largest absolute Gasteiger partial charge is 0.416 e. The van der Waals surface area contributed by atoms with Gasteiger partial charge in [-0.1, -0.05) is 0 Å². The summed E-state index contributed by atoms with van der Waals surface area (Å²) < 4.78 is 52.7. The average Bonchev–Trinajstić information content (AvgIpc) is 2.84. The van der Waals surface area contributed by atoms with Crippen LogP contribution in [0, 0.1) is 5.82 Å². The minimum atomic E-state index is -4.52. The van der Waals surface area contributed by atoms with Crippen LogP contribution in [0.1, 0.15) is 11.1 Å². The van der Waals surface area contributed by atoms with Crippen molar-refractivity contribution in [1.29, 1.82) is 0 Å². The van der Waals surface area contributed by atoms with E-state index in [0.717, 1.165) is 12.1 Å². The highest BCUT2D eigenvalue weighted by molar-refractivity contribution is 5.48. The molecule has 0 bridgehead atoms. The zero-order valence-corrected chi connectivity index (χ0v) is 10.9. The zero-order chi connectivity index (χ0) is 15.5. The molecule has 0 saturated carbocycles. The summed E-state index contributed by atoms with van der Waals surface area (Å²) in [5, 5.41) is 15.3. The number of hydrogen-bond donors (Lipinski definition) is 2. The quantitative estimate of drug-likeness (QED) is 0.835. The van der Waals surface area contributed by atoms with Crippen LogP contribution >= 0.6 is 0 Å². The molecule has 0 spiro atoms. The molecule has 0 aliphatic rings. The molecule has 21 heavy (non-hydrogen) atoms. The van der Waals surface area contributed by atoms with Crippen molar-refractivity contribution in [3.63, 3.8) is 0 Å². The molecule has 0 atom stereocenters. The zero-order valence-electron chi connectivity index (χ0n) is 10.9. The van der Waals surface area contributed by atoms with Crippen LogP contribution in [-0.4, -0.2) is 21.5 Å². The summed E-state index contributed by atoms with van der Waals surface area (Å²) in [4.78, 5) is 0. The molecule has 8 heteroatoms. The summed E-state index contributed by atoms with van der Waals surface area (Å²) in [6, 6.07) is 2.20. The summed E-state index contributed by atoms with van der Waals surface area (Å²) in [5.74, 6) is -0.759. The number of hydrogen-bond acceptors (Lipinski definition) is 3. The summed E-state index contributed by atoms with van der Waals surface area (Å²) in [6.07, 6.45) is -1.40. The van der Waals surface area contributed by atoms with Crippen LogP contribution in [0.4, 0.5) is 23.2 Å². The van der Waals surface area contributed by atoms with Gasteiger partial charge >= 0.3 is 6.18 Å². The number of rotatable bonds is 5. The second kappa shape index (κ2) is 6.13. The van der Waals surface area contributed by atoms with Crippen molar-refractivity contribution in [3.05, 3.63) is 47.5 Å². The van der Waals surface area contributed by atoms with Crippen molar-refractivity contribution in [3.8, 4) is 0 Å². The Morgan fingerprint density at radius 3 is 2.71 bits per heavy atom. The topological polar surface area (TPSA) is 50.1 Å². The van der Waals surface area contributed by atoms with Crippen LogP contribution in [0.25, 0.3) is 0 Å². The van der Waals surface area contributed by atoms with E-state index in [2.05, 4.69) is 10.4 Å². The molecule has 0 saturated heterocycles. The monoisotopic (exact) mass is 303 g/mol. The molecule has 2 aromatic rings. The van der Waals surface area contributed by atoms with Gasteiger partial charge in [-0.25, -0.2) is 4.39 Å².